The molecule has 0 saturated heterocycles. The van der Waals surface area contributed by atoms with E-state index in [1.807, 2.05) is 61.5 Å². The Morgan fingerprint density at radius 3 is 2.67 bits per heavy atom. The van der Waals surface area contributed by atoms with Gasteiger partial charge in [-0.25, -0.2) is 5.43 Å². The van der Waals surface area contributed by atoms with Crippen LogP contribution in [-0.4, -0.2) is 17.1 Å². The fourth-order valence-corrected chi connectivity index (χ4v) is 2.07. The van der Waals surface area contributed by atoms with Crippen LogP contribution in [0.2, 0.25) is 0 Å². The van der Waals surface area contributed by atoms with Gasteiger partial charge >= 0.3 is 0 Å². The monoisotopic (exact) mass is 277 g/mol. The van der Waals surface area contributed by atoms with E-state index in [1.165, 1.54) is 5.56 Å². The van der Waals surface area contributed by atoms with Crippen molar-refractivity contribution in [2.75, 3.05) is 0 Å². The summed E-state index contributed by atoms with van der Waals surface area (Å²) in [7, 11) is 0. The summed E-state index contributed by atoms with van der Waals surface area (Å²) in [6.45, 7) is 2.03. The molecule has 0 spiro atoms. The number of para-hydroxylation sites is 1. The number of aromatic nitrogens is 1. The van der Waals surface area contributed by atoms with Gasteiger partial charge in [-0.2, -0.15) is 5.10 Å². The van der Waals surface area contributed by atoms with Gasteiger partial charge in [-0.15, -0.1) is 0 Å². The number of nitrogens with one attached hydrogen (secondary N) is 2. The minimum Gasteiger partial charge on any atom is -0.350 e. The van der Waals surface area contributed by atoms with Crippen LogP contribution in [0.25, 0.3) is 10.9 Å². The second-order valence-corrected chi connectivity index (χ2v) is 4.88. The average molecular weight is 277 g/mol. The van der Waals surface area contributed by atoms with Crippen molar-refractivity contribution in [3.05, 3.63) is 71.4 Å². The van der Waals surface area contributed by atoms with E-state index in [-0.39, 0.29) is 5.91 Å². The Morgan fingerprint density at radius 2 is 1.90 bits per heavy atom. The smallest absolute Gasteiger partial charge is 0.287 e. The first kappa shape index (κ1) is 13.1. The zero-order valence-corrected chi connectivity index (χ0v) is 11.6. The normalized spacial score (nSPS) is 11.1. The molecule has 0 bridgehead atoms. The third-order valence-electron chi connectivity index (χ3n) is 3.23. The fourth-order valence-electron chi connectivity index (χ4n) is 2.07. The highest BCUT2D eigenvalue weighted by Crippen LogP contribution is 2.14. The summed E-state index contributed by atoms with van der Waals surface area (Å²) in [4.78, 5) is 15.1. The standard InChI is InChI=1S/C17H15N3O/c1-12-6-8-13(9-7-12)11-18-20-17(21)16-10-14-4-2-3-5-15(14)19-16/h2-11,19H,1H3,(H,20,21)/b18-11+. The molecule has 1 heterocycles. The lowest BCUT2D eigenvalue weighted by molar-refractivity contribution is 0.0951. The second kappa shape index (κ2) is 5.63. The van der Waals surface area contributed by atoms with E-state index < -0.39 is 0 Å². The molecule has 21 heavy (non-hydrogen) atoms. The van der Waals surface area contributed by atoms with Crippen LogP contribution in [0.5, 0.6) is 0 Å². The Hall–Kier alpha value is -2.88. The maximum Gasteiger partial charge on any atom is 0.287 e. The van der Waals surface area contributed by atoms with Crippen molar-refractivity contribution in [3.63, 3.8) is 0 Å². The van der Waals surface area contributed by atoms with E-state index in [0.717, 1.165) is 16.5 Å². The Kier molecular flexibility index (Phi) is 3.51. The van der Waals surface area contributed by atoms with Crippen LogP contribution in [0, 0.1) is 6.92 Å². The van der Waals surface area contributed by atoms with Gasteiger partial charge in [-0.1, -0.05) is 48.0 Å². The summed E-state index contributed by atoms with van der Waals surface area (Å²) >= 11 is 0. The number of aryl methyl sites for hydroxylation is 1. The molecule has 0 unspecified atom stereocenters. The first-order valence-corrected chi connectivity index (χ1v) is 6.70. The van der Waals surface area contributed by atoms with Crippen LogP contribution in [-0.2, 0) is 0 Å². The van der Waals surface area contributed by atoms with Crippen molar-refractivity contribution in [2.45, 2.75) is 6.92 Å². The zero-order valence-electron chi connectivity index (χ0n) is 11.6. The number of amides is 1. The summed E-state index contributed by atoms with van der Waals surface area (Å²) in [5, 5.41) is 4.98. The quantitative estimate of drug-likeness (QED) is 0.560. The SMILES string of the molecule is Cc1ccc(/C=N/NC(=O)c2cc3ccccc3[nH]2)cc1. The van der Waals surface area contributed by atoms with Crippen LogP contribution in [0.15, 0.2) is 59.7 Å². The molecule has 2 aromatic carbocycles. The molecule has 1 aromatic heterocycles. The van der Waals surface area contributed by atoms with Crippen LogP contribution >= 0.6 is 0 Å². The molecule has 4 nitrogen and oxygen atoms in total. The number of nitrogens with zero attached hydrogens (tertiary/aromatic N) is 1. The number of hydrazone groups is 1. The minimum atomic E-state index is -0.255. The van der Waals surface area contributed by atoms with Crippen molar-refractivity contribution >= 4 is 23.0 Å². The Bertz CT molecular complexity index is 767. The maximum atomic E-state index is 12.0. The van der Waals surface area contributed by atoms with E-state index in [1.54, 1.807) is 6.21 Å². The van der Waals surface area contributed by atoms with E-state index in [4.69, 9.17) is 0 Å². The van der Waals surface area contributed by atoms with Gasteiger partial charge in [0.2, 0.25) is 0 Å². The van der Waals surface area contributed by atoms with Crippen molar-refractivity contribution in [3.8, 4) is 0 Å². The predicted octanol–water partition coefficient (Wildman–Crippen LogP) is 3.24. The number of carbonyl (C=O) groups is 1. The van der Waals surface area contributed by atoms with Gasteiger partial charge in [-0.3, -0.25) is 4.79 Å². The number of fused-ring (bicyclic) bond motifs is 1. The van der Waals surface area contributed by atoms with Gasteiger partial charge in [0.25, 0.3) is 5.91 Å². The third kappa shape index (κ3) is 3.00. The summed E-state index contributed by atoms with van der Waals surface area (Å²) in [5.74, 6) is -0.255. The molecule has 3 rings (SSSR count). The highest BCUT2D eigenvalue weighted by molar-refractivity contribution is 5.98. The summed E-state index contributed by atoms with van der Waals surface area (Å²) < 4.78 is 0. The minimum absolute atomic E-state index is 0.255. The average Bonchev–Trinajstić information content (AvgIpc) is 2.93. The number of hydrogen-bond acceptors (Lipinski definition) is 2. The van der Waals surface area contributed by atoms with Crippen LogP contribution in [0.1, 0.15) is 21.6 Å². The molecule has 2 N–H and O–H groups in total. The Labute approximate surface area is 122 Å². The first-order chi connectivity index (χ1) is 10.2. The molecule has 1 amide bonds. The van der Waals surface area contributed by atoms with E-state index in [2.05, 4.69) is 15.5 Å². The molecule has 104 valence electrons. The molecule has 0 atom stereocenters. The lowest BCUT2D eigenvalue weighted by Gasteiger charge is -1.97. The Morgan fingerprint density at radius 1 is 1.14 bits per heavy atom. The molecule has 0 fully saturated rings. The van der Waals surface area contributed by atoms with E-state index in [9.17, 15) is 4.79 Å². The number of H-pyrrole nitrogens is 1. The zero-order chi connectivity index (χ0) is 14.7. The van der Waals surface area contributed by atoms with Gasteiger partial charge < -0.3 is 4.98 Å². The highest BCUT2D eigenvalue weighted by Gasteiger charge is 2.07. The van der Waals surface area contributed by atoms with Crippen molar-refractivity contribution in [1.29, 1.82) is 0 Å². The molecule has 0 radical (unpaired) electrons. The van der Waals surface area contributed by atoms with Crippen molar-refractivity contribution in [1.82, 2.24) is 10.4 Å². The van der Waals surface area contributed by atoms with Crippen molar-refractivity contribution < 1.29 is 4.79 Å². The summed E-state index contributed by atoms with van der Waals surface area (Å²) in [5.41, 5.74) is 6.09. The Balaban J connectivity index is 1.70. The van der Waals surface area contributed by atoms with E-state index in [0.29, 0.717) is 5.69 Å². The third-order valence-corrected chi connectivity index (χ3v) is 3.23. The van der Waals surface area contributed by atoms with Gasteiger partial charge in [0.15, 0.2) is 0 Å². The predicted molar refractivity (Wildman–Crippen MR) is 84.5 cm³/mol. The van der Waals surface area contributed by atoms with Gasteiger partial charge in [0, 0.05) is 10.9 Å². The van der Waals surface area contributed by atoms with Crippen molar-refractivity contribution in [2.24, 2.45) is 5.10 Å². The van der Waals surface area contributed by atoms with Crippen LogP contribution in [0.4, 0.5) is 0 Å². The molecule has 0 aliphatic heterocycles. The largest absolute Gasteiger partial charge is 0.350 e. The fraction of sp³-hybridized carbons (Fsp3) is 0.0588. The van der Waals surface area contributed by atoms with Gasteiger partial charge in [0.1, 0.15) is 5.69 Å². The maximum absolute atomic E-state index is 12.0. The number of aromatic amines is 1. The molecular weight excluding hydrogens is 262 g/mol. The molecule has 0 saturated carbocycles. The number of benzene rings is 2. The second-order valence-electron chi connectivity index (χ2n) is 4.88. The first-order valence-electron chi connectivity index (χ1n) is 6.70. The van der Waals surface area contributed by atoms with E-state index >= 15 is 0 Å². The van der Waals surface area contributed by atoms with Gasteiger partial charge in [0.05, 0.1) is 6.21 Å². The highest BCUT2D eigenvalue weighted by atomic mass is 16.2. The summed E-state index contributed by atoms with van der Waals surface area (Å²) in [6, 6.07) is 17.5. The lowest BCUT2D eigenvalue weighted by atomic mass is 10.2. The number of hydrogen-bond donors (Lipinski definition) is 2. The number of carbonyl (C=O) groups excluding carboxylic acids is 1. The van der Waals surface area contributed by atoms with Crippen LogP contribution < -0.4 is 5.43 Å². The molecular formula is C17H15N3O. The molecule has 0 aliphatic rings. The summed E-state index contributed by atoms with van der Waals surface area (Å²) in [6.07, 6.45) is 1.62. The number of rotatable bonds is 3. The topological polar surface area (TPSA) is 57.2 Å². The molecule has 0 aliphatic carbocycles. The van der Waals surface area contributed by atoms with Gasteiger partial charge in [-0.05, 0) is 24.6 Å². The lowest BCUT2D eigenvalue weighted by Crippen LogP contribution is -2.17. The molecule has 3 aromatic rings. The van der Waals surface area contributed by atoms with Crippen LogP contribution in [0.3, 0.4) is 0 Å². The molecule has 4 heteroatoms.